The quantitative estimate of drug-likeness (QED) is 0.474. The van der Waals surface area contributed by atoms with Crippen LogP contribution in [0.2, 0.25) is 0 Å². The average Bonchev–Trinajstić information content (AvgIpc) is 3.49. The molecule has 0 unspecified atom stereocenters. The number of halogens is 1. The second-order valence-electron chi connectivity index (χ2n) is 7.90. The van der Waals surface area contributed by atoms with E-state index in [0.717, 1.165) is 6.42 Å². The van der Waals surface area contributed by atoms with Gasteiger partial charge >= 0.3 is 0 Å². The maximum absolute atomic E-state index is 13.5. The zero-order valence-electron chi connectivity index (χ0n) is 17.9. The number of carbonyl (C=O) groups is 2. The number of hydrogen-bond donors (Lipinski definition) is 1. The summed E-state index contributed by atoms with van der Waals surface area (Å²) in [6.07, 6.45) is 2.47. The van der Waals surface area contributed by atoms with Gasteiger partial charge in [0.15, 0.2) is 5.69 Å². The number of aromatic nitrogens is 2. The fourth-order valence-electron chi connectivity index (χ4n) is 3.99. The minimum absolute atomic E-state index is 0.0455. The highest BCUT2D eigenvalue weighted by molar-refractivity contribution is 7.10. The van der Waals surface area contributed by atoms with Crippen LogP contribution in [0.15, 0.2) is 66.2 Å². The Balaban J connectivity index is 1.33. The molecule has 4 aromatic rings. The van der Waals surface area contributed by atoms with Crippen molar-refractivity contribution in [1.82, 2.24) is 14.7 Å². The van der Waals surface area contributed by atoms with Crippen molar-refractivity contribution in [2.24, 2.45) is 0 Å². The first-order chi connectivity index (χ1) is 16.0. The van der Waals surface area contributed by atoms with Crippen LogP contribution in [0, 0.1) is 12.7 Å². The lowest BCUT2D eigenvalue weighted by molar-refractivity contribution is 0.0735. The van der Waals surface area contributed by atoms with Crippen molar-refractivity contribution >= 4 is 28.8 Å². The van der Waals surface area contributed by atoms with E-state index < -0.39 is 5.91 Å². The summed E-state index contributed by atoms with van der Waals surface area (Å²) in [6.45, 7) is 3.11. The largest absolute Gasteiger partial charge is 0.334 e. The van der Waals surface area contributed by atoms with E-state index in [1.165, 1.54) is 27.3 Å². The van der Waals surface area contributed by atoms with Crippen molar-refractivity contribution in [3.8, 4) is 5.69 Å². The molecule has 33 heavy (non-hydrogen) atoms. The van der Waals surface area contributed by atoms with E-state index in [9.17, 15) is 14.0 Å². The minimum atomic E-state index is -0.404. The molecular formula is C25H21FN4O2S. The lowest BCUT2D eigenvalue weighted by atomic mass is 10.0. The highest BCUT2D eigenvalue weighted by Gasteiger charge is 2.24. The Kier molecular flexibility index (Phi) is 5.51. The van der Waals surface area contributed by atoms with Crippen LogP contribution in [-0.4, -0.2) is 33.0 Å². The van der Waals surface area contributed by atoms with Crippen molar-refractivity contribution in [2.75, 3.05) is 11.9 Å². The SMILES string of the molecule is Cc1c(NC(=O)c2ccn(-c3cccc(F)c3)n2)cccc1C(=O)N1CCc2sccc2C1. The van der Waals surface area contributed by atoms with Crippen LogP contribution in [0.1, 0.15) is 36.9 Å². The molecule has 0 bridgehead atoms. The number of nitrogens with zero attached hydrogens (tertiary/aromatic N) is 3. The summed E-state index contributed by atoms with van der Waals surface area (Å²) in [5.74, 6) is -0.829. The topological polar surface area (TPSA) is 67.2 Å². The summed E-state index contributed by atoms with van der Waals surface area (Å²) in [5, 5.41) is 9.18. The first-order valence-corrected chi connectivity index (χ1v) is 11.4. The van der Waals surface area contributed by atoms with Crippen LogP contribution in [0.3, 0.4) is 0 Å². The lowest BCUT2D eigenvalue weighted by Gasteiger charge is -2.28. The van der Waals surface area contributed by atoms with Gasteiger partial charge < -0.3 is 10.2 Å². The molecule has 0 radical (unpaired) electrons. The molecule has 166 valence electrons. The maximum atomic E-state index is 13.5. The Labute approximate surface area is 194 Å². The van der Waals surface area contributed by atoms with Crippen molar-refractivity contribution in [3.05, 3.63) is 99.3 Å². The molecular weight excluding hydrogens is 439 g/mol. The van der Waals surface area contributed by atoms with E-state index in [2.05, 4.69) is 21.9 Å². The molecule has 0 saturated carbocycles. The Morgan fingerprint density at radius 3 is 2.82 bits per heavy atom. The van der Waals surface area contributed by atoms with E-state index >= 15 is 0 Å². The van der Waals surface area contributed by atoms with E-state index in [4.69, 9.17) is 0 Å². The maximum Gasteiger partial charge on any atom is 0.276 e. The monoisotopic (exact) mass is 460 g/mol. The number of amides is 2. The first kappa shape index (κ1) is 21.1. The number of nitrogens with one attached hydrogen (secondary N) is 1. The summed E-state index contributed by atoms with van der Waals surface area (Å²) in [5.41, 5.74) is 3.74. The summed E-state index contributed by atoms with van der Waals surface area (Å²) in [4.78, 5) is 29.2. The number of benzene rings is 2. The van der Waals surface area contributed by atoms with Crippen LogP contribution in [0.4, 0.5) is 10.1 Å². The Morgan fingerprint density at radius 1 is 1.12 bits per heavy atom. The van der Waals surface area contributed by atoms with Gasteiger partial charge in [-0.25, -0.2) is 9.07 Å². The fraction of sp³-hybridized carbons (Fsp3) is 0.160. The predicted molar refractivity (Wildman–Crippen MR) is 125 cm³/mol. The normalized spacial score (nSPS) is 13.0. The van der Waals surface area contributed by atoms with Crippen molar-refractivity contribution in [2.45, 2.75) is 19.9 Å². The molecule has 2 aromatic carbocycles. The highest BCUT2D eigenvalue weighted by atomic mass is 32.1. The summed E-state index contributed by atoms with van der Waals surface area (Å²) in [6, 6.07) is 14.9. The zero-order valence-corrected chi connectivity index (χ0v) is 18.7. The number of thiophene rings is 1. The van der Waals surface area contributed by atoms with Gasteiger partial charge in [0.25, 0.3) is 11.8 Å². The Hall–Kier alpha value is -3.78. The molecule has 5 rings (SSSR count). The Bertz CT molecular complexity index is 1360. The number of carbonyl (C=O) groups excluding carboxylic acids is 2. The molecule has 6 nitrogen and oxygen atoms in total. The van der Waals surface area contributed by atoms with Gasteiger partial charge in [-0.3, -0.25) is 9.59 Å². The number of fused-ring (bicyclic) bond motifs is 1. The van der Waals surface area contributed by atoms with Gasteiger partial charge in [0.1, 0.15) is 5.82 Å². The number of anilines is 1. The van der Waals surface area contributed by atoms with Gasteiger partial charge in [-0.1, -0.05) is 12.1 Å². The van der Waals surface area contributed by atoms with E-state index in [-0.39, 0.29) is 17.4 Å². The van der Waals surface area contributed by atoms with Crippen molar-refractivity contribution in [1.29, 1.82) is 0 Å². The van der Waals surface area contributed by atoms with Gasteiger partial charge in [0.2, 0.25) is 0 Å². The predicted octanol–water partition coefficient (Wildman–Crippen LogP) is 4.83. The second-order valence-corrected chi connectivity index (χ2v) is 8.90. The molecule has 1 N–H and O–H groups in total. The van der Waals surface area contributed by atoms with Gasteiger partial charge in [-0.05, 0) is 72.3 Å². The standard InChI is InChI=1S/C25H21FN4O2S/c1-16-20(25(32)29-11-9-23-17(15-29)10-13-33-23)6-3-7-21(16)27-24(31)22-8-12-30(28-22)19-5-2-4-18(26)14-19/h2-8,10,12-14H,9,11,15H2,1H3,(H,27,31). The minimum Gasteiger partial charge on any atom is -0.334 e. The molecule has 2 aromatic heterocycles. The molecule has 0 aliphatic carbocycles. The van der Waals surface area contributed by atoms with E-state index in [1.54, 1.807) is 53.9 Å². The van der Waals surface area contributed by atoms with Crippen LogP contribution < -0.4 is 5.32 Å². The lowest BCUT2D eigenvalue weighted by Crippen LogP contribution is -2.35. The van der Waals surface area contributed by atoms with Crippen LogP contribution >= 0.6 is 11.3 Å². The fourth-order valence-corrected chi connectivity index (χ4v) is 4.88. The molecule has 1 aliphatic heterocycles. The average molecular weight is 461 g/mol. The molecule has 0 fully saturated rings. The highest BCUT2D eigenvalue weighted by Crippen LogP contribution is 2.27. The number of hydrogen-bond acceptors (Lipinski definition) is 4. The van der Waals surface area contributed by atoms with Crippen molar-refractivity contribution in [3.63, 3.8) is 0 Å². The van der Waals surface area contributed by atoms with Gasteiger partial charge in [0.05, 0.1) is 5.69 Å². The third-order valence-electron chi connectivity index (χ3n) is 5.80. The van der Waals surface area contributed by atoms with E-state index in [1.807, 2.05) is 11.8 Å². The molecule has 0 saturated heterocycles. The third kappa shape index (κ3) is 4.17. The third-order valence-corrected chi connectivity index (χ3v) is 6.82. The smallest absolute Gasteiger partial charge is 0.276 e. The first-order valence-electron chi connectivity index (χ1n) is 10.6. The molecule has 8 heteroatoms. The summed E-state index contributed by atoms with van der Waals surface area (Å²) >= 11 is 1.73. The number of rotatable bonds is 4. The second kappa shape index (κ2) is 8.63. The summed E-state index contributed by atoms with van der Waals surface area (Å²) < 4.78 is 14.9. The van der Waals surface area contributed by atoms with E-state index in [0.29, 0.717) is 35.6 Å². The van der Waals surface area contributed by atoms with Crippen molar-refractivity contribution < 1.29 is 14.0 Å². The van der Waals surface area contributed by atoms with Crippen LogP contribution in [0.25, 0.3) is 5.69 Å². The molecule has 0 atom stereocenters. The van der Waals surface area contributed by atoms with Crippen LogP contribution in [-0.2, 0) is 13.0 Å². The van der Waals surface area contributed by atoms with Crippen LogP contribution in [0.5, 0.6) is 0 Å². The molecule has 0 spiro atoms. The summed E-state index contributed by atoms with van der Waals surface area (Å²) in [7, 11) is 0. The Morgan fingerprint density at radius 2 is 1.97 bits per heavy atom. The molecule has 2 amide bonds. The van der Waals surface area contributed by atoms with Gasteiger partial charge in [-0.2, -0.15) is 5.10 Å². The zero-order chi connectivity index (χ0) is 22.9. The molecule has 3 heterocycles. The van der Waals surface area contributed by atoms with Gasteiger partial charge in [-0.15, -0.1) is 11.3 Å². The van der Waals surface area contributed by atoms with Gasteiger partial charge in [0, 0.05) is 35.4 Å². The molecule has 1 aliphatic rings.